The van der Waals surface area contributed by atoms with E-state index in [1.54, 1.807) is 4.90 Å². The summed E-state index contributed by atoms with van der Waals surface area (Å²) in [6, 6.07) is 8.80. The highest BCUT2D eigenvalue weighted by Crippen LogP contribution is 2.23. The predicted molar refractivity (Wildman–Crippen MR) is 108 cm³/mol. The van der Waals surface area contributed by atoms with Crippen LogP contribution in [0.1, 0.15) is 29.5 Å². The van der Waals surface area contributed by atoms with Gasteiger partial charge in [0, 0.05) is 26.2 Å². The summed E-state index contributed by atoms with van der Waals surface area (Å²) in [4.78, 5) is 14.1. The second-order valence-corrected chi connectivity index (χ2v) is 9.79. The van der Waals surface area contributed by atoms with Crippen LogP contribution in [0.25, 0.3) is 0 Å². The number of carbonyl (C=O) groups excluding carboxylic acids is 1. The fourth-order valence-electron chi connectivity index (χ4n) is 4.15. The maximum absolute atomic E-state index is 13.4. The molecule has 2 aromatic rings. The third-order valence-corrected chi connectivity index (χ3v) is 7.78. The minimum atomic E-state index is -3.93. The van der Waals surface area contributed by atoms with E-state index in [1.165, 1.54) is 28.3 Å². The molecule has 30 heavy (non-hydrogen) atoms. The molecule has 1 amide bonds. The average molecular weight is 435 g/mol. The molecule has 1 heterocycles. The molecule has 0 aromatic heterocycles. The number of nitrogens with zero attached hydrogens (tertiary/aromatic N) is 2. The van der Waals surface area contributed by atoms with Crippen LogP contribution in [-0.2, 0) is 34.1 Å². The van der Waals surface area contributed by atoms with Crippen LogP contribution in [0.5, 0.6) is 0 Å². The number of sulfonamides is 1. The summed E-state index contributed by atoms with van der Waals surface area (Å²) in [6.45, 7) is 0.786. The van der Waals surface area contributed by atoms with Crippen molar-refractivity contribution in [1.82, 2.24) is 9.21 Å². The van der Waals surface area contributed by atoms with Gasteiger partial charge in [0.1, 0.15) is 0 Å². The monoisotopic (exact) mass is 434 g/mol. The van der Waals surface area contributed by atoms with Crippen molar-refractivity contribution in [3.8, 4) is 0 Å². The molecule has 0 bridgehead atoms. The summed E-state index contributed by atoms with van der Waals surface area (Å²) in [5.41, 5.74) is 3.68. The van der Waals surface area contributed by atoms with Gasteiger partial charge in [-0.1, -0.05) is 18.2 Å². The quantitative estimate of drug-likeness (QED) is 0.744. The van der Waals surface area contributed by atoms with Crippen LogP contribution in [0, 0.1) is 11.6 Å². The Hall–Kier alpha value is -2.32. The summed E-state index contributed by atoms with van der Waals surface area (Å²) < 4.78 is 53.1. The molecule has 1 aliphatic carbocycles. The van der Waals surface area contributed by atoms with Crippen LogP contribution in [0.15, 0.2) is 41.3 Å². The Kier molecular flexibility index (Phi) is 5.88. The molecule has 5 nitrogen and oxygen atoms in total. The second kappa shape index (κ2) is 8.43. The number of aryl methyl sites for hydroxylation is 2. The lowest BCUT2D eigenvalue weighted by atomic mass is 9.90. The van der Waals surface area contributed by atoms with E-state index in [1.807, 2.05) is 6.07 Å². The molecule has 160 valence electrons. The molecule has 2 aromatic carbocycles. The van der Waals surface area contributed by atoms with Crippen LogP contribution in [0.3, 0.4) is 0 Å². The minimum absolute atomic E-state index is 0.0318. The summed E-state index contributed by atoms with van der Waals surface area (Å²) in [5.74, 6) is -2.32. The number of hydrogen-bond donors (Lipinski definition) is 0. The summed E-state index contributed by atoms with van der Waals surface area (Å²) >= 11 is 0. The van der Waals surface area contributed by atoms with Gasteiger partial charge in [-0.25, -0.2) is 17.2 Å². The van der Waals surface area contributed by atoms with Crippen LogP contribution < -0.4 is 0 Å². The highest BCUT2D eigenvalue weighted by atomic mass is 32.2. The highest BCUT2D eigenvalue weighted by Gasteiger charge is 2.30. The molecule has 8 heteroatoms. The van der Waals surface area contributed by atoms with Gasteiger partial charge in [-0.05, 0) is 60.6 Å². The van der Waals surface area contributed by atoms with Gasteiger partial charge < -0.3 is 4.90 Å². The molecule has 4 rings (SSSR count). The first kappa shape index (κ1) is 20.9. The third kappa shape index (κ3) is 4.25. The molecule has 0 radical (unpaired) electrons. The van der Waals surface area contributed by atoms with E-state index >= 15 is 0 Å². The van der Waals surface area contributed by atoms with Gasteiger partial charge in [-0.2, -0.15) is 4.31 Å². The number of piperazine rings is 1. The van der Waals surface area contributed by atoms with E-state index in [0.29, 0.717) is 12.5 Å². The van der Waals surface area contributed by atoms with Crippen molar-refractivity contribution < 1.29 is 22.0 Å². The van der Waals surface area contributed by atoms with Crippen molar-refractivity contribution in [2.24, 2.45) is 0 Å². The van der Waals surface area contributed by atoms with Crippen LogP contribution >= 0.6 is 0 Å². The Balaban J connectivity index is 1.38. The standard InChI is InChI=1S/C22H24F2N2O3S/c23-20-8-7-19(15-21(20)24)30(28,29)26-11-9-25(10-12-26)22(27)14-16-5-6-17-3-1-2-4-18(17)13-16/h5-8,13,15H,1-4,9-12,14H2. The molecular formula is C22H24F2N2O3S. The third-order valence-electron chi connectivity index (χ3n) is 5.89. The molecule has 0 saturated carbocycles. The summed E-state index contributed by atoms with van der Waals surface area (Å²) in [7, 11) is -3.93. The molecule has 1 saturated heterocycles. The Labute approximate surface area is 175 Å². The number of rotatable bonds is 4. The topological polar surface area (TPSA) is 57.7 Å². The van der Waals surface area contributed by atoms with E-state index in [4.69, 9.17) is 0 Å². The second-order valence-electron chi connectivity index (χ2n) is 7.85. The van der Waals surface area contributed by atoms with Crippen LogP contribution in [-0.4, -0.2) is 49.7 Å². The molecular weight excluding hydrogens is 410 g/mol. The lowest BCUT2D eigenvalue weighted by Crippen LogP contribution is -2.50. The molecule has 0 N–H and O–H groups in total. The Bertz CT molecular complexity index is 1060. The number of halogens is 2. The molecule has 1 fully saturated rings. The zero-order valence-corrected chi connectivity index (χ0v) is 17.4. The molecule has 1 aliphatic heterocycles. The minimum Gasteiger partial charge on any atom is -0.340 e. The van der Waals surface area contributed by atoms with Crippen molar-refractivity contribution in [2.75, 3.05) is 26.2 Å². The zero-order chi connectivity index (χ0) is 21.3. The van der Waals surface area contributed by atoms with E-state index in [-0.39, 0.29) is 37.0 Å². The van der Waals surface area contributed by atoms with E-state index in [9.17, 15) is 22.0 Å². The predicted octanol–water partition coefficient (Wildman–Crippen LogP) is 2.92. The summed E-state index contributed by atoms with van der Waals surface area (Å²) in [5, 5.41) is 0. The Morgan fingerprint density at radius 3 is 2.27 bits per heavy atom. The van der Waals surface area contributed by atoms with E-state index < -0.39 is 21.7 Å². The molecule has 0 atom stereocenters. The lowest BCUT2D eigenvalue weighted by Gasteiger charge is -2.34. The molecule has 2 aliphatic rings. The molecule has 0 unspecified atom stereocenters. The Morgan fingerprint density at radius 2 is 1.57 bits per heavy atom. The first-order valence-electron chi connectivity index (χ1n) is 10.2. The number of hydrogen-bond acceptors (Lipinski definition) is 3. The van der Waals surface area contributed by atoms with Crippen molar-refractivity contribution in [2.45, 2.75) is 37.0 Å². The van der Waals surface area contributed by atoms with Crippen molar-refractivity contribution in [1.29, 1.82) is 0 Å². The first-order chi connectivity index (χ1) is 14.3. The fourth-order valence-corrected chi connectivity index (χ4v) is 5.58. The fraction of sp³-hybridized carbons (Fsp3) is 0.409. The van der Waals surface area contributed by atoms with Crippen molar-refractivity contribution in [3.05, 3.63) is 64.7 Å². The van der Waals surface area contributed by atoms with Crippen molar-refractivity contribution in [3.63, 3.8) is 0 Å². The number of amides is 1. The zero-order valence-electron chi connectivity index (χ0n) is 16.6. The molecule has 0 spiro atoms. The largest absolute Gasteiger partial charge is 0.340 e. The number of fused-ring (bicyclic) bond motifs is 1. The average Bonchev–Trinajstić information content (AvgIpc) is 2.75. The van der Waals surface area contributed by atoms with Gasteiger partial charge >= 0.3 is 0 Å². The Morgan fingerprint density at radius 1 is 0.867 bits per heavy atom. The van der Waals surface area contributed by atoms with Crippen LogP contribution in [0.4, 0.5) is 8.78 Å². The van der Waals surface area contributed by atoms with Crippen LogP contribution in [0.2, 0.25) is 0 Å². The van der Waals surface area contributed by atoms with Gasteiger partial charge in [0.15, 0.2) is 11.6 Å². The normalized spacial score (nSPS) is 17.6. The van der Waals surface area contributed by atoms with Crippen molar-refractivity contribution >= 4 is 15.9 Å². The van der Waals surface area contributed by atoms with Gasteiger partial charge in [0.2, 0.25) is 15.9 Å². The smallest absolute Gasteiger partial charge is 0.243 e. The SMILES string of the molecule is O=C(Cc1ccc2c(c1)CCCC2)N1CCN(S(=O)(=O)c2ccc(F)c(F)c2)CC1. The number of benzene rings is 2. The van der Waals surface area contributed by atoms with E-state index in [0.717, 1.165) is 30.5 Å². The van der Waals surface area contributed by atoms with Gasteiger partial charge in [-0.3, -0.25) is 4.79 Å². The van der Waals surface area contributed by atoms with Gasteiger partial charge in [0.05, 0.1) is 11.3 Å². The maximum Gasteiger partial charge on any atom is 0.243 e. The number of carbonyl (C=O) groups is 1. The maximum atomic E-state index is 13.4. The van der Waals surface area contributed by atoms with E-state index in [2.05, 4.69) is 12.1 Å². The summed E-state index contributed by atoms with van der Waals surface area (Å²) in [6.07, 6.45) is 4.83. The van der Waals surface area contributed by atoms with Gasteiger partial charge in [0.25, 0.3) is 0 Å². The van der Waals surface area contributed by atoms with Gasteiger partial charge in [-0.15, -0.1) is 0 Å². The highest BCUT2D eigenvalue weighted by molar-refractivity contribution is 7.89. The first-order valence-corrected chi connectivity index (χ1v) is 11.6. The lowest BCUT2D eigenvalue weighted by molar-refractivity contribution is -0.131.